The van der Waals surface area contributed by atoms with Crippen molar-refractivity contribution in [1.82, 2.24) is 4.90 Å². The molecule has 21 heavy (non-hydrogen) atoms. The molecule has 1 aliphatic heterocycles. The van der Waals surface area contributed by atoms with Gasteiger partial charge in [-0.05, 0) is 36.3 Å². The smallest absolute Gasteiger partial charge is 0.331 e. The highest BCUT2D eigenvalue weighted by Gasteiger charge is 2.47. The molecule has 0 bridgehead atoms. The Balaban J connectivity index is 1.94. The number of carboxylic acids is 1. The minimum Gasteiger partial charge on any atom is -0.479 e. The molecule has 114 valence electrons. The van der Waals surface area contributed by atoms with Gasteiger partial charge < -0.3 is 15.7 Å². The fourth-order valence-electron chi connectivity index (χ4n) is 3.66. The van der Waals surface area contributed by atoms with Crippen molar-refractivity contribution in [2.24, 2.45) is 11.1 Å². The van der Waals surface area contributed by atoms with Crippen molar-refractivity contribution < 1.29 is 14.7 Å². The van der Waals surface area contributed by atoms with Gasteiger partial charge in [-0.1, -0.05) is 12.8 Å². The molecule has 5 nitrogen and oxygen atoms in total. The number of rotatable bonds is 3. The summed E-state index contributed by atoms with van der Waals surface area (Å²) in [6, 6.07) is 0.985. The van der Waals surface area contributed by atoms with Crippen LogP contribution in [-0.2, 0) is 16.0 Å². The maximum Gasteiger partial charge on any atom is 0.331 e. The van der Waals surface area contributed by atoms with Gasteiger partial charge in [0.05, 0.1) is 5.41 Å². The Morgan fingerprint density at radius 2 is 2.14 bits per heavy atom. The average Bonchev–Trinajstić information content (AvgIpc) is 3.14. The summed E-state index contributed by atoms with van der Waals surface area (Å²) in [5.74, 6) is -1.01. The van der Waals surface area contributed by atoms with Gasteiger partial charge in [0.1, 0.15) is 0 Å². The lowest BCUT2D eigenvalue weighted by molar-refractivity contribution is -0.156. The lowest BCUT2D eigenvalue weighted by Crippen LogP contribution is -2.51. The van der Waals surface area contributed by atoms with E-state index in [4.69, 9.17) is 5.73 Å². The van der Waals surface area contributed by atoms with E-state index in [-0.39, 0.29) is 5.91 Å². The number of aliphatic carboxylic acids is 1. The first-order valence-electron chi connectivity index (χ1n) is 7.39. The Bertz CT molecular complexity index is 563. The van der Waals surface area contributed by atoms with Crippen molar-refractivity contribution in [3.63, 3.8) is 0 Å². The van der Waals surface area contributed by atoms with E-state index in [1.807, 2.05) is 11.4 Å². The number of nitrogens with two attached hydrogens (primary N) is 1. The third-order valence-electron chi connectivity index (χ3n) is 4.87. The molecule has 0 spiro atoms. The van der Waals surface area contributed by atoms with Crippen LogP contribution in [0.4, 0.5) is 0 Å². The lowest BCUT2D eigenvalue weighted by Gasteiger charge is -2.39. The Hall–Kier alpha value is -1.40. The normalized spacial score (nSPS) is 23.9. The third-order valence-corrected chi connectivity index (χ3v) is 5.86. The predicted molar refractivity (Wildman–Crippen MR) is 80.1 cm³/mol. The first kappa shape index (κ1) is 14.5. The number of nitrogens with zero attached hydrogens (tertiary/aromatic N) is 1. The summed E-state index contributed by atoms with van der Waals surface area (Å²) >= 11 is 1.57. The van der Waals surface area contributed by atoms with Gasteiger partial charge in [0.2, 0.25) is 5.91 Å². The van der Waals surface area contributed by atoms with Crippen LogP contribution in [0.1, 0.15) is 42.2 Å². The molecule has 1 aromatic heterocycles. The highest BCUT2D eigenvalue weighted by Crippen LogP contribution is 2.42. The van der Waals surface area contributed by atoms with E-state index in [0.29, 0.717) is 13.1 Å². The van der Waals surface area contributed by atoms with Crippen LogP contribution in [0, 0.1) is 5.41 Å². The standard InChI is InChI=1S/C15H20N2O3S/c16-9-15(5-1-2-6-15)14(20)17-7-3-11-10(4-8-21-11)12(17)13(18)19/h4,8,12H,1-3,5-7,9,16H2,(H,18,19). The van der Waals surface area contributed by atoms with Gasteiger partial charge >= 0.3 is 5.97 Å². The first-order valence-corrected chi connectivity index (χ1v) is 8.27. The second kappa shape index (κ2) is 5.42. The van der Waals surface area contributed by atoms with E-state index in [0.717, 1.165) is 42.5 Å². The molecule has 3 rings (SSSR count). The van der Waals surface area contributed by atoms with Crippen molar-refractivity contribution in [3.05, 3.63) is 21.9 Å². The van der Waals surface area contributed by atoms with E-state index < -0.39 is 17.4 Å². The van der Waals surface area contributed by atoms with Crippen LogP contribution in [-0.4, -0.2) is 35.0 Å². The molecule has 0 aromatic carbocycles. The van der Waals surface area contributed by atoms with Crippen molar-refractivity contribution in [3.8, 4) is 0 Å². The molecule has 6 heteroatoms. The van der Waals surface area contributed by atoms with E-state index in [1.54, 1.807) is 16.2 Å². The average molecular weight is 308 g/mol. The monoisotopic (exact) mass is 308 g/mol. The highest BCUT2D eigenvalue weighted by atomic mass is 32.1. The van der Waals surface area contributed by atoms with Gasteiger partial charge in [0.25, 0.3) is 0 Å². The summed E-state index contributed by atoms with van der Waals surface area (Å²) in [4.78, 5) is 27.3. The van der Waals surface area contributed by atoms with Gasteiger partial charge in [-0.25, -0.2) is 4.79 Å². The van der Waals surface area contributed by atoms with Gasteiger partial charge in [-0.3, -0.25) is 4.79 Å². The molecule has 1 unspecified atom stereocenters. The van der Waals surface area contributed by atoms with Crippen LogP contribution in [0.15, 0.2) is 11.4 Å². The molecular formula is C15H20N2O3S. The van der Waals surface area contributed by atoms with Crippen LogP contribution in [0.5, 0.6) is 0 Å². The van der Waals surface area contributed by atoms with Gasteiger partial charge in [0, 0.05) is 18.0 Å². The van der Waals surface area contributed by atoms with E-state index in [1.165, 1.54) is 0 Å². The first-order chi connectivity index (χ1) is 10.1. The Morgan fingerprint density at radius 1 is 1.43 bits per heavy atom. The zero-order valence-electron chi connectivity index (χ0n) is 11.9. The fourth-order valence-corrected chi connectivity index (χ4v) is 4.57. The molecule has 1 aliphatic carbocycles. The van der Waals surface area contributed by atoms with Crippen LogP contribution < -0.4 is 5.73 Å². The van der Waals surface area contributed by atoms with Gasteiger partial charge in [-0.2, -0.15) is 0 Å². The topological polar surface area (TPSA) is 83.6 Å². The molecule has 3 N–H and O–H groups in total. The molecule has 1 saturated carbocycles. The Morgan fingerprint density at radius 3 is 2.76 bits per heavy atom. The minimum atomic E-state index is -0.951. The lowest BCUT2D eigenvalue weighted by atomic mass is 9.83. The number of thiophene rings is 1. The predicted octanol–water partition coefficient (Wildman–Crippen LogP) is 1.78. The molecule has 0 radical (unpaired) electrons. The molecular weight excluding hydrogens is 288 g/mol. The Kier molecular flexibility index (Phi) is 3.75. The highest BCUT2D eigenvalue weighted by molar-refractivity contribution is 7.10. The van der Waals surface area contributed by atoms with Crippen molar-refractivity contribution in [1.29, 1.82) is 0 Å². The molecule has 2 heterocycles. The second-order valence-corrected chi connectivity index (χ2v) is 6.98. The molecule has 1 amide bonds. The van der Waals surface area contributed by atoms with E-state index in [9.17, 15) is 14.7 Å². The Labute approximate surface area is 127 Å². The maximum absolute atomic E-state index is 13.0. The molecule has 0 saturated heterocycles. The van der Waals surface area contributed by atoms with Crippen LogP contribution in [0.2, 0.25) is 0 Å². The number of carboxylic acid groups (broad SMARTS) is 1. The molecule has 1 atom stereocenters. The summed E-state index contributed by atoms with van der Waals surface area (Å²) in [6.45, 7) is 0.788. The maximum atomic E-state index is 13.0. The van der Waals surface area contributed by atoms with E-state index >= 15 is 0 Å². The van der Waals surface area contributed by atoms with Crippen molar-refractivity contribution >= 4 is 23.2 Å². The largest absolute Gasteiger partial charge is 0.479 e. The van der Waals surface area contributed by atoms with Crippen molar-refractivity contribution in [2.45, 2.75) is 38.1 Å². The zero-order valence-corrected chi connectivity index (χ0v) is 12.7. The number of carbonyl (C=O) groups excluding carboxylic acids is 1. The number of carbonyl (C=O) groups is 2. The van der Waals surface area contributed by atoms with Crippen molar-refractivity contribution in [2.75, 3.05) is 13.1 Å². The molecule has 1 aromatic rings. The van der Waals surface area contributed by atoms with Gasteiger partial charge in [-0.15, -0.1) is 11.3 Å². The summed E-state index contributed by atoms with van der Waals surface area (Å²) < 4.78 is 0. The number of hydrogen-bond acceptors (Lipinski definition) is 4. The quantitative estimate of drug-likeness (QED) is 0.891. The second-order valence-electron chi connectivity index (χ2n) is 5.98. The molecule has 1 fully saturated rings. The summed E-state index contributed by atoms with van der Waals surface area (Å²) in [7, 11) is 0. The van der Waals surface area contributed by atoms with Crippen LogP contribution >= 0.6 is 11.3 Å². The SMILES string of the molecule is NCC1(C(=O)N2CCc3sccc3C2C(=O)O)CCCC1. The van der Waals surface area contributed by atoms with E-state index in [2.05, 4.69) is 0 Å². The summed E-state index contributed by atoms with van der Waals surface area (Å²) in [5, 5.41) is 11.5. The van der Waals surface area contributed by atoms with Crippen LogP contribution in [0.3, 0.4) is 0 Å². The third kappa shape index (κ3) is 2.26. The van der Waals surface area contributed by atoms with Crippen LogP contribution in [0.25, 0.3) is 0 Å². The van der Waals surface area contributed by atoms with Gasteiger partial charge in [0.15, 0.2) is 6.04 Å². The number of amides is 1. The minimum absolute atomic E-state index is 0.0632. The number of fused-ring (bicyclic) bond motifs is 1. The number of hydrogen-bond donors (Lipinski definition) is 2. The summed E-state index contributed by atoms with van der Waals surface area (Å²) in [5.41, 5.74) is 6.11. The summed E-state index contributed by atoms with van der Waals surface area (Å²) in [6.07, 6.45) is 4.29. The molecule has 2 aliphatic rings. The fraction of sp³-hybridized carbons (Fsp3) is 0.600. The zero-order chi connectivity index (χ0) is 15.0.